The summed E-state index contributed by atoms with van der Waals surface area (Å²) in [7, 11) is 0. The Morgan fingerprint density at radius 1 is 0.471 bits per heavy atom. The number of ketones is 1. The number of benzene rings is 4. The molecule has 170 valence electrons. The van der Waals surface area contributed by atoms with Gasteiger partial charge in [0.1, 0.15) is 0 Å². The summed E-state index contributed by atoms with van der Waals surface area (Å²) >= 11 is 0. The summed E-state index contributed by atoms with van der Waals surface area (Å²) in [6.45, 7) is 0. The quantitative estimate of drug-likeness (QED) is 0.367. The molecule has 2 nitrogen and oxygen atoms in total. The van der Waals surface area contributed by atoms with Crippen LogP contribution in [-0.4, -0.2) is 17.0 Å². The van der Waals surface area contributed by atoms with Crippen LogP contribution in [0.25, 0.3) is 0 Å². The average molecular weight is 447 g/mol. The van der Waals surface area contributed by atoms with Gasteiger partial charge in [-0.05, 0) is 47.9 Å². The van der Waals surface area contributed by atoms with Gasteiger partial charge in [-0.25, -0.2) is 0 Å². The summed E-state index contributed by atoms with van der Waals surface area (Å²) in [5, 5.41) is 12.1. The molecule has 1 fully saturated rings. The molecule has 34 heavy (non-hydrogen) atoms. The van der Waals surface area contributed by atoms with Gasteiger partial charge in [0, 0.05) is 0 Å². The number of aliphatic hydroxyl groups excluding tert-OH is 1. The zero-order valence-corrected chi connectivity index (χ0v) is 19.3. The van der Waals surface area contributed by atoms with Gasteiger partial charge in [0.15, 0.2) is 5.78 Å². The Hall–Kier alpha value is -3.49. The second-order valence-electron chi connectivity index (χ2n) is 9.69. The molecule has 0 spiro atoms. The number of carbonyl (C=O) groups is 1. The second-order valence-corrected chi connectivity index (χ2v) is 9.69. The molecule has 0 aromatic heterocycles. The number of Topliss-reactive ketones (excluding diaryl/α,β-unsaturated/α-hetero) is 1. The molecule has 0 atom stereocenters. The Kier molecular flexibility index (Phi) is 6.17. The molecule has 5 rings (SSSR count). The molecular formula is C32H30O2. The SMILES string of the molecule is O=C1C(Cc2ccccc2)(Cc2ccccc2)C(O)C1(Cc1ccccc1)Cc1ccccc1. The summed E-state index contributed by atoms with van der Waals surface area (Å²) in [5.74, 6) is 0.174. The van der Waals surface area contributed by atoms with E-state index in [1.54, 1.807) is 0 Å². The molecule has 1 aliphatic carbocycles. The predicted molar refractivity (Wildman–Crippen MR) is 136 cm³/mol. The third-order valence-electron chi connectivity index (χ3n) is 7.40. The normalized spacial score (nSPS) is 16.7. The van der Waals surface area contributed by atoms with Crippen LogP contribution >= 0.6 is 0 Å². The van der Waals surface area contributed by atoms with Crippen LogP contribution in [0.4, 0.5) is 0 Å². The zero-order valence-electron chi connectivity index (χ0n) is 19.3. The van der Waals surface area contributed by atoms with Crippen molar-refractivity contribution in [2.75, 3.05) is 0 Å². The van der Waals surface area contributed by atoms with Gasteiger partial charge in [0.05, 0.1) is 16.9 Å². The van der Waals surface area contributed by atoms with E-state index in [4.69, 9.17) is 0 Å². The fraction of sp³-hybridized carbons (Fsp3) is 0.219. The van der Waals surface area contributed by atoms with E-state index in [0.29, 0.717) is 25.7 Å². The maximum Gasteiger partial charge on any atom is 0.151 e. The van der Waals surface area contributed by atoms with Crippen molar-refractivity contribution < 1.29 is 9.90 Å². The Bertz CT molecular complexity index is 1040. The molecule has 4 aromatic carbocycles. The van der Waals surface area contributed by atoms with Gasteiger partial charge in [-0.15, -0.1) is 0 Å². The summed E-state index contributed by atoms with van der Waals surface area (Å²) in [4.78, 5) is 14.5. The van der Waals surface area contributed by atoms with Crippen LogP contribution in [0.3, 0.4) is 0 Å². The number of rotatable bonds is 8. The molecular weight excluding hydrogens is 416 g/mol. The topological polar surface area (TPSA) is 37.3 Å². The van der Waals surface area contributed by atoms with Crippen LogP contribution in [0.15, 0.2) is 121 Å². The van der Waals surface area contributed by atoms with E-state index in [1.807, 2.05) is 72.8 Å². The third-order valence-corrected chi connectivity index (χ3v) is 7.40. The predicted octanol–water partition coefficient (Wildman–Crippen LogP) is 5.87. The number of hydrogen-bond acceptors (Lipinski definition) is 2. The van der Waals surface area contributed by atoms with Gasteiger partial charge in [-0.1, -0.05) is 121 Å². The van der Waals surface area contributed by atoms with Crippen LogP contribution in [0, 0.1) is 10.8 Å². The first-order valence-electron chi connectivity index (χ1n) is 12.0. The van der Waals surface area contributed by atoms with Crippen molar-refractivity contribution >= 4 is 5.78 Å². The van der Waals surface area contributed by atoms with Crippen LogP contribution < -0.4 is 0 Å². The lowest BCUT2D eigenvalue weighted by atomic mass is 9.43. The fourth-order valence-electron chi connectivity index (χ4n) is 5.87. The van der Waals surface area contributed by atoms with Gasteiger partial charge in [-0.3, -0.25) is 4.79 Å². The van der Waals surface area contributed by atoms with Gasteiger partial charge >= 0.3 is 0 Å². The largest absolute Gasteiger partial charge is 0.391 e. The van der Waals surface area contributed by atoms with Crippen LogP contribution in [0.2, 0.25) is 0 Å². The van der Waals surface area contributed by atoms with Gasteiger partial charge < -0.3 is 5.11 Å². The lowest BCUT2D eigenvalue weighted by Gasteiger charge is -2.59. The highest BCUT2D eigenvalue weighted by molar-refractivity contribution is 5.99. The van der Waals surface area contributed by atoms with Crippen molar-refractivity contribution in [2.45, 2.75) is 31.8 Å². The van der Waals surface area contributed by atoms with Crippen LogP contribution in [-0.2, 0) is 30.5 Å². The summed E-state index contributed by atoms with van der Waals surface area (Å²) in [6.07, 6.45) is 1.39. The Morgan fingerprint density at radius 3 is 0.912 bits per heavy atom. The lowest BCUT2D eigenvalue weighted by molar-refractivity contribution is -0.194. The van der Waals surface area contributed by atoms with E-state index in [-0.39, 0.29) is 5.78 Å². The summed E-state index contributed by atoms with van der Waals surface area (Å²) in [5.41, 5.74) is 2.65. The standard InChI is InChI=1S/C32H30O2/c33-29-31(21-25-13-5-1-6-14-25,22-26-15-7-2-8-16-26)30(34)32(29,23-27-17-9-3-10-18-27)24-28-19-11-4-12-20-28/h1-20,29,33H,21-24H2. The second kappa shape index (κ2) is 9.40. The van der Waals surface area contributed by atoms with E-state index in [0.717, 1.165) is 22.3 Å². The molecule has 0 bridgehead atoms. The molecule has 1 aliphatic rings. The van der Waals surface area contributed by atoms with E-state index >= 15 is 0 Å². The van der Waals surface area contributed by atoms with Gasteiger partial charge in [0.2, 0.25) is 0 Å². The van der Waals surface area contributed by atoms with Crippen molar-refractivity contribution in [2.24, 2.45) is 10.8 Å². The number of hydrogen-bond donors (Lipinski definition) is 1. The molecule has 0 saturated heterocycles. The highest BCUT2D eigenvalue weighted by Crippen LogP contribution is 2.57. The Balaban J connectivity index is 1.56. The summed E-state index contributed by atoms with van der Waals surface area (Å²) < 4.78 is 0. The minimum absolute atomic E-state index is 0.174. The molecule has 0 amide bonds. The smallest absolute Gasteiger partial charge is 0.151 e. The van der Waals surface area contributed by atoms with Crippen molar-refractivity contribution in [1.29, 1.82) is 0 Å². The molecule has 0 heterocycles. The van der Waals surface area contributed by atoms with Crippen molar-refractivity contribution in [3.63, 3.8) is 0 Å². The Morgan fingerprint density at radius 2 is 0.706 bits per heavy atom. The third kappa shape index (κ3) is 4.10. The first kappa shape index (κ1) is 22.3. The number of carbonyl (C=O) groups excluding carboxylic acids is 1. The first-order valence-corrected chi connectivity index (χ1v) is 12.0. The van der Waals surface area contributed by atoms with Gasteiger partial charge in [-0.2, -0.15) is 0 Å². The van der Waals surface area contributed by atoms with Crippen LogP contribution in [0.1, 0.15) is 22.3 Å². The highest BCUT2D eigenvalue weighted by atomic mass is 16.3. The zero-order chi connectivity index (χ0) is 23.4. The maximum absolute atomic E-state index is 14.5. The fourth-order valence-corrected chi connectivity index (χ4v) is 5.87. The number of aliphatic hydroxyl groups is 1. The minimum atomic E-state index is -0.841. The van der Waals surface area contributed by atoms with E-state index in [9.17, 15) is 9.90 Å². The van der Waals surface area contributed by atoms with E-state index < -0.39 is 16.9 Å². The highest BCUT2D eigenvalue weighted by Gasteiger charge is 2.69. The van der Waals surface area contributed by atoms with Crippen molar-refractivity contribution in [1.82, 2.24) is 0 Å². The monoisotopic (exact) mass is 446 g/mol. The molecule has 1 N–H and O–H groups in total. The lowest BCUT2D eigenvalue weighted by Crippen LogP contribution is -2.72. The molecule has 2 heteroatoms. The van der Waals surface area contributed by atoms with Crippen molar-refractivity contribution in [3.8, 4) is 0 Å². The van der Waals surface area contributed by atoms with Gasteiger partial charge in [0.25, 0.3) is 0 Å². The average Bonchev–Trinajstić information content (AvgIpc) is 2.89. The molecule has 0 aliphatic heterocycles. The van der Waals surface area contributed by atoms with Crippen molar-refractivity contribution in [3.05, 3.63) is 144 Å². The molecule has 4 aromatic rings. The summed E-state index contributed by atoms with van der Waals surface area (Å²) in [6, 6.07) is 40.4. The van der Waals surface area contributed by atoms with Crippen LogP contribution in [0.5, 0.6) is 0 Å². The maximum atomic E-state index is 14.5. The molecule has 1 saturated carbocycles. The van der Waals surface area contributed by atoms with E-state index in [1.165, 1.54) is 0 Å². The van der Waals surface area contributed by atoms with E-state index in [2.05, 4.69) is 48.5 Å². The minimum Gasteiger partial charge on any atom is -0.391 e. The Labute approximate surface area is 201 Å². The molecule has 0 unspecified atom stereocenters. The molecule has 0 radical (unpaired) electrons. The first-order chi connectivity index (χ1) is 16.6.